The van der Waals surface area contributed by atoms with E-state index in [0.717, 1.165) is 27.0 Å². The molecule has 0 bridgehead atoms. The minimum atomic E-state index is -0.372. The summed E-state index contributed by atoms with van der Waals surface area (Å²) in [6.07, 6.45) is 0.690. The lowest BCUT2D eigenvalue weighted by atomic mass is 10.1. The molecule has 1 aromatic carbocycles. The van der Waals surface area contributed by atoms with Gasteiger partial charge in [-0.3, -0.25) is 4.79 Å². The number of rotatable bonds is 4. The summed E-state index contributed by atoms with van der Waals surface area (Å²) in [5.41, 5.74) is 1.87. The van der Waals surface area contributed by atoms with Gasteiger partial charge in [0.25, 0.3) is 0 Å². The van der Waals surface area contributed by atoms with Crippen LogP contribution in [0.25, 0.3) is 0 Å². The molecule has 0 N–H and O–H groups in total. The number of benzene rings is 1. The first-order chi connectivity index (χ1) is 12.2. The fourth-order valence-corrected chi connectivity index (χ4v) is 5.00. The van der Waals surface area contributed by atoms with Gasteiger partial charge < -0.3 is 19.1 Å². The Kier molecular flexibility index (Phi) is 4.30. The van der Waals surface area contributed by atoms with Crippen LogP contribution in [0.3, 0.4) is 0 Å². The number of anilines is 1. The number of fused-ring (bicyclic) bond motifs is 2. The summed E-state index contributed by atoms with van der Waals surface area (Å²) in [5.74, 6) is 1.55. The van der Waals surface area contributed by atoms with Crippen molar-refractivity contribution < 1.29 is 23.8 Å². The molecule has 130 valence electrons. The van der Waals surface area contributed by atoms with Gasteiger partial charge in [0.15, 0.2) is 11.5 Å². The standard InChI is InChI=1S/C17H15NO5S2/c1-21-16(20)14-7-11-17(25-14)24-8-15(19)18(11)5-4-10-2-3-12-13(6-10)23-9-22-12/h2-3,6-7H,4-5,8-9H2,1H3. The van der Waals surface area contributed by atoms with Crippen molar-refractivity contribution >= 4 is 40.7 Å². The van der Waals surface area contributed by atoms with Crippen LogP contribution in [0, 0.1) is 0 Å². The molecule has 0 saturated carbocycles. The monoisotopic (exact) mass is 377 g/mol. The minimum Gasteiger partial charge on any atom is -0.465 e. The fourth-order valence-electron chi connectivity index (χ4n) is 2.78. The quantitative estimate of drug-likeness (QED) is 0.764. The molecule has 25 heavy (non-hydrogen) atoms. The number of methoxy groups -OCH3 is 1. The Hall–Kier alpha value is -2.19. The first-order valence-electron chi connectivity index (χ1n) is 7.69. The maximum absolute atomic E-state index is 12.4. The van der Waals surface area contributed by atoms with Crippen molar-refractivity contribution in [1.29, 1.82) is 0 Å². The van der Waals surface area contributed by atoms with Gasteiger partial charge in [-0.05, 0) is 30.2 Å². The second-order valence-corrected chi connectivity index (χ2v) is 7.84. The molecule has 6 nitrogen and oxygen atoms in total. The smallest absolute Gasteiger partial charge is 0.348 e. The average molecular weight is 377 g/mol. The van der Waals surface area contributed by atoms with E-state index in [9.17, 15) is 9.59 Å². The third-order valence-corrected chi connectivity index (χ3v) is 6.41. The SMILES string of the molecule is COC(=O)c1cc2c(s1)SCC(=O)N2CCc1ccc2c(c1)OCO2. The topological polar surface area (TPSA) is 65.1 Å². The Balaban J connectivity index is 1.53. The zero-order valence-corrected chi connectivity index (χ0v) is 15.1. The molecule has 0 fully saturated rings. The molecule has 1 aromatic heterocycles. The lowest BCUT2D eigenvalue weighted by Gasteiger charge is -2.26. The van der Waals surface area contributed by atoms with E-state index in [0.29, 0.717) is 23.6 Å². The van der Waals surface area contributed by atoms with Gasteiger partial charge in [0.05, 0.1) is 22.8 Å². The van der Waals surface area contributed by atoms with Gasteiger partial charge in [0.1, 0.15) is 4.88 Å². The molecular formula is C17H15NO5S2. The summed E-state index contributed by atoms with van der Waals surface area (Å²) in [6, 6.07) is 7.55. The Bertz CT molecular complexity index is 848. The molecule has 0 radical (unpaired) electrons. The van der Waals surface area contributed by atoms with Crippen LogP contribution in [0.15, 0.2) is 28.5 Å². The first kappa shape index (κ1) is 16.3. The van der Waals surface area contributed by atoms with Gasteiger partial charge in [-0.2, -0.15) is 0 Å². The minimum absolute atomic E-state index is 0.0486. The largest absolute Gasteiger partial charge is 0.465 e. The first-order valence-corrected chi connectivity index (χ1v) is 9.50. The highest BCUT2D eigenvalue weighted by Crippen LogP contribution is 2.42. The zero-order valence-electron chi connectivity index (χ0n) is 13.4. The van der Waals surface area contributed by atoms with E-state index in [1.54, 1.807) is 11.0 Å². The molecule has 1 amide bonds. The second-order valence-electron chi connectivity index (χ2n) is 5.55. The summed E-state index contributed by atoms with van der Waals surface area (Å²) in [5, 5.41) is 0. The Morgan fingerprint density at radius 1 is 1.28 bits per heavy atom. The van der Waals surface area contributed by atoms with Crippen molar-refractivity contribution in [2.24, 2.45) is 0 Å². The summed E-state index contributed by atoms with van der Waals surface area (Å²) < 4.78 is 16.5. The second kappa shape index (κ2) is 6.61. The number of hydrogen-bond acceptors (Lipinski definition) is 7. The molecule has 3 heterocycles. The predicted octanol–water partition coefficient (Wildman–Crippen LogP) is 2.94. The summed E-state index contributed by atoms with van der Waals surface area (Å²) in [6.45, 7) is 0.790. The molecule has 2 aliphatic rings. The number of carbonyl (C=O) groups is 2. The zero-order chi connectivity index (χ0) is 17.4. The van der Waals surface area contributed by atoms with Gasteiger partial charge >= 0.3 is 5.97 Å². The van der Waals surface area contributed by atoms with E-state index >= 15 is 0 Å². The summed E-state index contributed by atoms with van der Waals surface area (Å²) in [4.78, 5) is 26.4. The van der Waals surface area contributed by atoms with Gasteiger partial charge in [-0.1, -0.05) is 6.07 Å². The van der Waals surface area contributed by atoms with Crippen molar-refractivity contribution in [3.8, 4) is 11.5 Å². The van der Waals surface area contributed by atoms with Crippen molar-refractivity contribution in [3.05, 3.63) is 34.7 Å². The number of thioether (sulfide) groups is 1. The number of hydrogen-bond donors (Lipinski definition) is 0. The fraction of sp³-hybridized carbons (Fsp3) is 0.294. The van der Waals surface area contributed by atoms with Gasteiger partial charge in [-0.25, -0.2) is 4.79 Å². The highest BCUT2D eigenvalue weighted by atomic mass is 32.2. The number of esters is 1. The number of ether oxygens (including phenoxy) is 3. The van der Waals surface area contributed by atoms with E-state index in [1.807, 2.05) is 18.2 Å². The van der Waals surface area contributed by atoms with Crippen LogP contribution >= 0.6 is 23.1 Å². The van der Waals surface area contributed by atoms with Gasteiger partial charge in [0.2, 0.25) is 12.7 Å². The maximum atomic E-state index is 12.4. The van der Waals surface area contributed by atoms with Crippen LogP contribution in [0.2, 0.25) is 0 Å². The average Bonchev–Trinajstić information content (AvgIpc) is 3.26. The molecule has 2 aromatic rings. The highest BCUT2D eigenvalue weighted by Gasteiger charge is 2.28. The Labute approximate surface area is 152 Å². The molecule has 0 atom stereocenters. The molecule has 0 spiro atoms. The van der Waals surface area contributed by atoms with E-state index in [-0.39, 0.29) is 18.7 Å². The lowest BCUT2D eigenvalue weighted by Crippen LogP contribution is -2.36. The molecule has 0 aliphatic carbocycles. The van der Waals surface area contributed by atoms with E-state index < -0.39 is 0 Å². The van der Waals surface area contributed by atoms with Crippen LogP contribution < -0.4 is 14.4 Å². The van der Waals surface area contributed by atoms with Gasteiger partial charge in [-0.15, -0.1) is 23.1 Å². The van der Waals surface area contributed by atoms with Crippen LogP contribution in [0.4, 0.5) is 5.69 Å². The molecule has 0 unspecified atom stereocenters. The number of thiophene rings is 1. The summed E-state index contributed by atoms with van der Waals surface area (Å²) in [7, 11) is 1.36. The molecule has 4 rings (SSSR count). The van der Waals surface area contributed by atoms with Crippen molar-refractivity contribution in [1.82, 2.24) is 0 Å². The van der Waals surface area contributed by atoms with E-state index in [4.69, 9.17) is 14.2 Å². The van der Waals surface area contributed by atoms with Crippen molar-refractivity contribution in [2.45, 2.75) is 10.6 Å². The van der Waals surface area contributed by atoms with Crippen LogP contribution in [0.1, 0.15) is 15.2 Å². The molecule has 2 aliphatic heterocycles. The maximum Gasteiger partial charge on any atom is 0.348 e. The predicted molar refractivity (Wildman–Crippen MR) is 95.0 cm³/mol. The van der Waals surface area contributed by atoms with E-state index in [2.05, 4.69) is 0 Å². The van der Waals surface area contributed by atoms with Crippen LogP contribution in [0.5, 0.6) is 11.5 Å². The Morgan fingerprint density at radius 3 is 2.96 bits per heavy atom. The van der Waals surface area contributed by atoms with Crippen LogP contribution in [-0.2, 0) is 16.0 Å². The highest BCUT2D eigenvalue weighted by molar-refractivity contribution is 8.02. The Morgan fingerprint density at radius 2 is 2.12 bits per heavy atom. The molecule has 8 heteroatoms. The number of amides is 1. The summed E-state index contributed by atoms with van der Waals surface area (Å²) >= 11 is 2.84. The van der Waals surface area contributed by atoms with Crippen LogP contribution in [-0.4, -0.2) is 38.1 Å². The van der Waals surface area contributed by atoms with Crippen molar-refractivity contribution in [2.75, 3.05) is 31.1 Å². The van der Waals surface area contributed by atoms with Crippen molar-refractivity contribution in [3.63, 3.8) is 0 Å². The number of carbonyl (C=O) groups excluding carboxylic acids is 2. The number of nitrogens with zero attached hydrogens (tertiary/aromatic N) is 1. The molecular weight excluding hydrogens is 362 g/mol. The third-order valence-electron chi connectivity index (χ3n) is 4.05. The lowest BCUT2D eigenvalue weighted by molar-refractivity contribution is -0.116. The third kappa shape index (κ3) is 3.07. The normalized spacial score (nSPS) is 15.2. The van der Waals surface area contributed by atoms with Gasteiger partial charge in [0, 0.05) is 6.54 Å². The van der Waals surface area contributed by atoms with E-state index in [1.165, 1.54) is 30.2 Å². The molecule has 0 saturated heterocycles.